The van der Waals surface area contributed by atoms with E-state index in [0.29, 0.717) is 5.02 Å². The van der Waals surface area contributed by atoms with Gasteiger partial charge in [0.15, 0.2) is 5.78 Å². The number of carbonyl (C=O) groups excluding carboxylic acids is 2. The van der Waals surface area contributed by atoms with Crippen LogP contribution in [0.25, 0.3) is 0 Å². The van der Waals surface area contributed by atoms with E-state index in [4.69, 9.17) is 11.6 Å². The van der Waals surface area contributed by atoms with Gasteiger partial charge >= 0.3 is 0 Å². The summed E-state index contributed by atoms with van der Waals surface area (Å²) in [5.41, 5.74) is -0.721. The number of halogens is 2. The first-order valence-electron chi connectivity index (χ1n) is 5.21. The van der Waals surface area contributed by atoms with Gasteiger partial charge in [0.25, 0.3) is 0 Å². The molecule has 0 aliphatic rings. The fourth-order valence-electron chi connectivity index (χ4n) is 1.26. The van der Waals surface area contributed by atoms with Crippen LogP contribution in [0.15, 0.2) is 24.3 Å². The Hall–Kier alpha value is -1.22. The maximum atomic E-state index is 13.7. The Bertz CT molecular complexity index is 432. The van der Waals surface area contributed by atoms with Crippen molar-refractivity contribution in [1.29, 1.82) is 0 Å². The first kappa shape index (κ1) is 13.8. The van der Waals surface area contributed by atoms with Crippen molar-refractivity contribution in [3.63, 3.8) is 0 Å². The Morgan fingerprint density at radius 3 is 2.06 bits per heavy atom. The molecule has 1 rings (SSSR count). The number of Topliss-reactive ketones (excluding diaryl/α,β-unsaturated/α-hetero) is 2. The molecule has 1 atom stereocenters. The van der Waals surface area contributed by atoms with Crippen LogP contribution in [0.5, 0.6) is 0 Å². The minimum absolute atomic E-state index is 0.152. The van der Waals surface area contributed by atoms with Crippen molar-refractivity contribution in [2.24, 2.45) is 5.41 Å². The Kier molecular flexibility index (Phi) is 4.04. The van der Waals surface area contributed by atoms with Crippen molar-refractivity contribution in [2.75, 3.05) is 0 Å². The number of hydrogen-bond donors (Lipinski definition) is 0. The Labute approximate surface area is 105 Å². The van der Waals surface area contributed by atoms with Gasteiger partial charge < -0.3 is 0 Å². The molecule has 0 amide bonds. The lowest BCUT2D eigenvalue weighted by Crippen LogP contribution is -2.35. The zero-order valence-corrected chi connectivity index (χ0v) is 10.7. The molecule has 0 bridgehead atoms. The van der Waals surface area contributed by atoms with Gasteiger partial charge in [-0.05, 0) is 24.3 Å². The van der Waals surface area contributed by atoms with Crippen LogP contribution in [-0.4, -0.2) is 17.7 Å². The normalized spacial score (nSPS) is 13.2. The topological polar surface area (TPSA) is 34.1 Å². The molecule has 0 aliphatic carbocycles. The van der Waals surface area contributed by atoms with Gasteiger partial charge in [-0.3, -0.25) is 9.59 Å². The smallest absolute Gasteiger partial charge is 0.221 e. The highest BCUT2D eigenvalue weighted by Crippen LogP contribution is 2.21. The first-order chi connectivity index (χ1) is 7.73. The molecule has 0 saturated carbocycles. The molecule has 0 spiro atoms. The third-order valence-electron chi connectivity index (χ3n) is 2.33. The third-order valence-corrected chi connectivity index (χ3v) is 2.58. The predicted molar refractivity (Wildman–Crippen MR) is 65.1 cm³/mol. The van der Waals surface area contributed by atoms with Crippen LogP contribution in [-0.2, 0) is 4.79 Å². The van der Waals surface area contributed by atoms with Gasteiger partial charge in [-0.2, -0.15) is 0 Å². The fraction of sp³-hybridized carbons (Fsp3) is 0.385. The van der Waals surface area contributed by atoms with Crippen molar-refractivity contribution in [3.8, 4) is 0 Å². The van der Waals surface area contributed by atoms with Gasteiger partial charge in [0.2, 0.25) is 12.0 Å². The van der Waals surface area contributed by atoms with Gasteiger partial charge in [0.05, 0.1) is 0 Å². The van der Waals surface area contributed by atoms with Crippen LogP contribution in [0.2, 0.25) is 5.02 Å². The van der Waals surface area contributed by atoms with E-state index in [2.05, 4.69) is 0 Å². The lowest BCUT2D eigenvalue weighted by Gasteiger charge is -2.18. The number of benzene rings is 1. The van der Waals surface area contributed by atoms with E-state index in [1.807, 2.05) is 0 Å². The summed E-state index contributed by atoms with van der Waals surface area (Å²) < 4.78 is 13.7. The molecule has 0 saturated heterocycles. The van der Waals surface area contributed by atoms with Crippen LogP contribution in [0, 0.1) is 5.41 Å². The van der Waals surface area contributed by atoms with Gasteiger partial charge in [0.1, 0.15) is 0 Å². The van der Waals surface area contributed by atoms with Crippen molar-refractivity contribution < 1.29 is 14.0 Å². The van der Waals surface area contributed by atoms with Gasteiger partial charge in [0, 0.05) is 16.0 Å². The lowest BCUT2D eigenvalue weighted by molar-refractivity contribution is -0.129. The number of ketones is 2. The fourth-order valence-corrected chi connectivity index (χ4v) is 1.39. The average molecular weight is 257 g/mol. The minimum Gasteiger partial charge on any atom is -0.295 e. The van der Waals surface area contributed by atoms with E-state index in [9.17, 15) is 14.0 Å². The van der Waals surface area contributed by atoms with Gasteiger partial charge in [-0.15, -0.1) is 0 Å². The van der Waals surface area contributed by atoms with Crippen LogP contribution in [0.1, 0.15) is 31.1 Å². The molecule has 1 aromatic rings. The van der Waals surface area contributed by atoms with Crippen molar-refractivity contribution >= 4 is 23.2 Å². The first-order valence-corrected chi connectivity index (χ1v) is 5.59. The molecule has 0 radical (unpaired) electrons. The molecule has 0 aromatic heterocycles. The Morgan fingerprint density at radius 1 is 1.18 bits per heavy atom. The van der Waals surface area contributed by atoms with E-state index < -0.39 is 23.2 Å². The second kappa shape index (κ2) is 4.96. The van der Waals surface area contributed by atoms with Gasteiger partial charge in [-0.1, -0.05) is 32.4 Å². The average Bonchev–Trinajstić information content (AvgIpc) is 2.26. The minimum atomic E-state index is -2.11. The highest BCUT2D eigenvalue weighted by molar-refractivity contribution is 6.30. The summed E-state index contributed by atoms with van der Waals surface area (Å²) in [5.74, 6) is -1.53. The molecule has 0 fully saturated rings. The standard InChI is InChI=1S/C13H14ClFO2/c1-13(2,3)12(17)10(15)11(16)8-4-6-9(14)7-5-8/h4-7,10H,1-3H3. The maximum absolute atomic E-state index is 13.7. The van der Waals surface area contributed by atoms with Gasteiger partial charge in [-0.25, -0.2) is 4.39 Å². The van der Waals surface area contributed by atoms with Crippen molar-refractivity contribution in [1.82, 2.24) is 0 Å². The van der Waals surface area contributed by atoms with E-state index in [1.165, 1.54) is 24.3 Å². The summed E-state index contributed by atoms with van der Waals surface area (Å²) >= 11 is 5.66. The van der Waals surface area contributed by atoms with Crippen LogP contribution in [0.3, 0.4) is 0 Å². The predicted octanol–water partition coefficient (Wildman–Crippen LogP) is 3.48. The highest BCUT2D eigenvalue weighted by atomic mass is 35.5. The SMILES string of the molecule is CC(C)(C)C(=O)C(F)C(=O)c1ccc(Cl)cc1. The van der Waals surface area contributed by atoms with Crippen molar-refractivity contribution in [2.45, 2.75) is 26.9 Å². The molecule has 2 nitrogen and oxygen atoms in total. The Balaban J connectivity index is 2.91. The lowest BCUT2D eigenvalue weighted by atomic mass is 9.86. The van der Waals surface area contributed by atoms with E-state index in [1.54, 1.807) is 20.8 Å². The molecule has 0 N–H and O–H groups in total. The Morgan fingerprint density at radius 2 is 1.65 bits per heavy atom. The molecule has 17 heavy (non-hydrogen) atoms. The quantitative estimate of drug-likeness (QED) is 0.613. The summed E-state index contributed by atoms with van der Waals surface area (Å²) in [4.78, 5) is 23.3. The largest absolute Gasteiger partial charge is 0.295 e. The molecule has 4 heteroatoms. The molecule has 1 aromatic carbocycles. The second-order valence-corrected chi connectivity index (χ2v) is 5.28. The maximum Gasteiger partial charge on any atom is 0.221 e. The highest BCUT2D eigenvalue weighted by Gasteiger charge is 2.34. The number of rotatable bonds is 3. The summed E-state index contributed by atoms with van der Waals surface area (Å²) in [7, 11) is 0. The summed E-state index contributed by atoms with van der Waals surface area (Å²) in [6.45, 7) is 4.74. The molecule has 0 heterocycles. The number of alkyl halides is 1. The number of hydrogen-bond acceptors (Lipinski definition) is 2. The molecule has 0 aliphatic heterocycles. The number of carbonyl (C=O) groups is 2. The molecular formula is C13H14ClFO2. The van der Waals surface area contributed by atoms with Crippen LogP contribution < -0.4 is 0 Å². The second-order valence-electron chi connectivity index (χ2n) is 4.85. The molecule has 1 unspecified atom stereocenters. The molecular weight excluding hydrogens is 243 g/mol. The zero-order chi connectivity index (χ0) is 13.2. The van der Waals surface area contributed by atoms with Crippen LogP contribution >= 0.6 is 11.6 Å². The van der Waals surface area contributed by atoms with Crippen LogP contribution in [0.4, 0.5) is 4.39 Å². The summed E-state index contributed by atoms with van der Waals surface area (Å²) in [6, 6.07) is 5.80. The zero-order valence-electron chi connectivity index (χ0n) is 9.96. The third kappa shape index (κ3) is 3.37. The summed E-state index contributed by atoms with van der Waals surface area (Å²) in [5, 5.41) is 0.458. The molecule has 92 valence electrons. The summed E-state index contributed by atoms with van der Waals surface area (Å²) in [6.07, 6.45) is -2.11. The van der Waals surface area contributed by atoms with E-state index >= 15 is 0 Å². The van der Waals surface area contributed by atoms with E-state index in [-0.39, 0.29) is 5.56 Å². The monoisotopic (exact) mass is 256 g/mol. The van der Waals surface area contributed by atoms with E-state index in [0.717, 1.165) is 0 Å². The van der Waals surface area contributed by atoms with Crippen molar-refractivity contribution in [3.05, 3.63) is 34.9 Å².